The summed E-state index contributed by atoms with van der Waals surface area (Å²) in [5.74, 6) is -0.200. The molecule has 0 aromatic heterocycles. The molecule has 0 radical (unpaired) electrons. The van der Waals surface area contributed by atoms with E-state index in [0.717, 1.165) is 11.3 Å². The van der Waals surface area contributed by atoms with Gasteiger partial charge in [0.15, 0.2) is 0 Å². The van der Waals surface area contributed by atoms with Crippen molar-refractivity contribution >= 4 is 17.7 Å². The lowest BCUT2D eigenvalue weighted by molar-refractivity contribution is -0.143. The third-order valence-corrected chi connectivity index (χ3v) is 3.14. The first kappa shape index (κ1) is 15.8. The van der Waals surface area contributed by atoms with Gasteiger partial charge in [-0.2, -0.15) is 0 Å². The Kier molecular flexibility index (Phi) is 6.24. The Balaban J connectivity index is 2.07. The Labute approximate surface area is 131 Å². The first-order chi connectivity index (χ1) is 10.8. The van der Waals surface area contributed by atoms with E-state index in [1.807, 2.05) is 79.7 Å². The maximum Gasteiger partial charge on any atom is 0.308 e. The number of nitrogens with one attached hydrogen (secondary N) is 1. The van der Waals surface area contributed by atoms with E-state index < -0.39 is 0 Å². The number of hydrogen-bond acceptors (Lipinski definition) is 3. The van der Waals surface area contributed by atoms with Crippen LogP contribution in [-0.4, -0.2) is 18.6 Å². The summed E-state index contributed by atoms with van der Waals surface area (Å²) in [7, 11) is 0. The summed E-state index contributed by atoms with van der Waals surface area (Å²) in [6.45, 7) is 2.22. The first-order valence-electron chi connectivity index (χ1n) is 7.48. The monoisotopic (exact) mass is 295 g/mol. The van der Waals surface area contributed by atoms with Crippen molar-refractivity contribution in [2.24, 2.45) is 0 Å². The zero-order chi connectivity index (χ0) is 15.6. The van der Waals surface area contributed by atoms with Crippen LogP contribution in [-0.2, 0) is 9.53 Å². The van der Waals surface area contributed by atoms with Gasteiger partial charge in [-0.15, -0.1) is 0 Å². The summed E-state index contributed by atoms with van der Waals surface area (Å²) in [5.41, 5.74) is 2.08. The Morgan fingerprint density at radius 3 is 2.36 bits per heavy atom. The molecule has 0 amide bonds. The van der Waals surface area contributed by atoms with Crippen LogP contribution in [0.4, 0.5) is 5.69 Å². The number of para-hydroxylation sites is 1. The topological polar surface area (TPSA) is 38.3 Å². The molecule has 0 fully saturated rings. The third kappa shape index (κ3) is 5.44. The van der Waals surface area contributed by atoms with E-state index in [4.69, 9.17) is 4.74 Å². The molecule has 2 aromatic rings. The minimum Gasteiger partial charge on any atom is -0.466 e. The van der Waals surface area contributed by atoms with Crippen LogP contribution in [0.3, 0.4) is 0 Å². The van der Waals surface area contributed by atoms with Crippen LogP contribution in [0, 0.1) is 0 Å². The Morgan fingerprint density at radius 1 is 1.09 bits per heavy atom. The van der Waals surface area contributed by atoms with Crippen molar-refractivity contribution in [2.75, 3.05) is 11.9 Å². The van der Waals surface area contributed by atoms with Crippen LogP contribution >= 0.6 is 0 Å². The molecular formula is C19H21NO2. The van der Waals surface area contributed by atoms with Gasteiger partial charge in [0.05, 0.1) is 19.1 Å². The highest BCUT2D eigenvalue weighted by Gasteiger charge is 2.11. The molecule has 0 aliphatic carbocycles. The zero-order valence-corrected chi connectivity index (χ0v) is 12.7. The highest BCUT2D eigenvalue weighted by molar-refractivity contribution is 5.71. The summed E-state index contributed by atoms with van der Waals surface area (Å²) in [4.78, 5) is 11.8. The lowest BCUT2D eigenvalue weighted by Gasteiger charge is -2.15. The standard InChI is InChI=1S/C19H21NO2/c1-2-22-19(21)15-18(20-17-11-7-4-8-12-17)14-13-16-9-5-3-6-10-16/h3-14,18,20H,2,15H2,1H3/b14-13+. The molecule has 0 spiro atoms. The summed E-state index contributed by atoms with van der Waals surface area (Å²) < 4.78 is 5.05. The second-order valence-corrected chi connectivity index (χ2v) is 4.90. The minimum absolute atomic E-state index is 0.110. The normalized spacial score (nSPS) is 12.0. The van der Waals surface area contributed by atoms with Gasteiger partial charge < -0.3 is 10.1 Å². The van der Waals surface area contributed by atoms with Crippen molar-refractivity contribution in [2.45, 2.75) is 19.4 Å². The number of carbonyl (C=O) groups excluding carboxylic acids is 1. The lowest BCUT2D eigenvalue weighted by atomic mass is 10.1. The van der Waals surface area contributed by atoms with Gasteiger partial charge in [0, 0.05) is 5.69 Å². The van der Waals surface area contributed by atoms with E-state index >= 15 is 0 Å². The molecule has 1 atom stereocenters. The van der Waals surface area contributed by atoms with E-state index in [9.17, 15) is 4.79 Å². The fraction of sp³-hybridized carbons (Fsp3) is 0.211. The highest BCUT2D eigenvalue weighted by Crippen LogP contribution is 2.12. The zero-order valence-electron chi connectivity index (χ0n) is 12.7. The summed E-state index contributed by atoms with van der Waals surface area (Å²) >= 11 is 0. The largest absolute Gasteiger partial charge is 0.466 e. The molecule has 1 N–H and O–H groups in total. The molecule has 0 heterocycles. The molecule has 2 aromatic carbocycles. The van der Waals surface area contributed by atoms with E-state index in [2.05, 4.69) is 5.32 Å². The predicted octanol–water partition coefficient (Wildman–Crippen LogP) is 4.13. The molecule has 3 nitrogen and oxygen atoms in total. The van der Waals surface area contributed by atoms with Gasteiger partial charge >= 0.3 is 5.97 Å². The van der Waals surface area contributed by atoms with E-state index in [1.165, 1.54) is 0 Å². The molecule has 0 aliphatic rings. The van der Waals surface area contributed by atoms with Crippen molar-refractivity contribution in [1.29, 1.82) is 0 Å². The maximum absolute atomic E-state index is 11.8. The van der Waals surface area contributed by atoms with Crippen LogP contribution in [0.15, 0.2) is 66.7 Å². The minimum atomic E-state index is -0.200. The number of anilines is 1. The molecule has 0 aliphatic heterocycles. The molecule has 0 saturated carbocycles. The van der Waals surface area contributed by atoms with Crippen molar-refractivity contribution in [3.8, 4) is 0 Å². The summed E-state index contributed by atoms with van der Waals surface area (Å²) in [6, 6.07) is 19.8. The van der Waals surface area contributed by atoms with Gasteiger partial charge in [-0.25, -0.2) is 0 Å². The van der Waals surface area contributed by atoms with Gasteiger partial charge in [0.2, 0.25) is 0 Å². The van der Waals surface area contributed by atoms with Crippen LogP contribution in [0.1, 0.15) is 18.9 Å². The molecule has 0 bridgehead atoms. The second kappa shape index (κ2) is 8.67. The molecule has 1 unspecified atom stereocenters. The molecule has 114 valence electrons. The van der Waals surface area contributed by atoms with Crippen LogP contribution in [0.2, 0.25) is 0 Å². The summed E-state index contributed by atoms with van der Waals surface area (Å²) in [5, 5.41) is 3.35. The van der Waals surface area contributed by atoms with E-state index in [1.54, 1.807) is 0 Å². The molecule has 22 heavy (non-hydrogen) atoms. The number of ether oxygens (including phenoxy) is 1. The number of hydrogen-bond donors (Lipinski definition) is 1. The average Bonchev–Trinajstić information content (AvgIpc) is 2.55. The van der Waals surface area contributed by atoms with Crippen molar-refractivity contribution in [1.82, 2.24) is 0 Å². The van der Waals surface area contributed by atoms with Gasteiger partial charge in [-0.1, -0.05) is 60.7 Å². The van der Waals surface area contributed by atoms with Crippen LogP contribution in [0.25, 0.3) is 6.08 Å². The fourth-order valence-corrected chi connectivity index (χ4v) is 2.11. The quantitative estimate of drug-likeness (QED) is 0.780. The van der Waals surface area contributed by atoms with E-state index in [0.29, 0.717) is 13.0 Å². The molecule has 3 heteroatoms. The van der Waals surface area contributed by atoms with Gasteiger partial charge in [0.25, 0.3) is 0 Å². The highest BCUT2D eigenvalue weighted by atomic mass is 16.5. The number of benzene rings is 2. The number of rotatable bonds is 7. The van der Waals surface area contributed by atoms with Crippen LogP contribution in [0.5, 0.6) is 0 Å². The van der Waals surface area contributed by atoms with Gasteiger partial charge in [0.1, 0.15) is 0 Å². The fourth-order valence-electron chi connectivity index (χ4n) is 2.11. The Bertz CT molecular complexity index is 593. The Morgan fingerprint density at radius 2 is 1.73 bits per heavy atom. The molecule has 0 saturated heterocycles. The lowest BCUT2D eigenvalue weighted by Crippen LogP contribution is -2.22. The van der Waals surface area contributed by atoms with Crippen molar-refractivity contribution in [3.63, 3.8) is 0 Å². The number of esters is 1. The SMILES string of the molecule is CCOC(=O)CC(/C=C/c1ccccc1)Nc1ccccc1. The first-order valence-corrected chi connectivity index (χ1v) is 7.48. The van der Waals surface area contributed by atoms with Gasteiger partial charge in [-0.3, -0.25) is 4.79 Å². The van der Waals surface area contributed by atoms with Crippen molar-refractivity contribution in [3.05, 3.63) is 72.3 Å². The smallest absolute Gasteiger partial charge is 0.308 e. The Hall–Kier alpha value is -2.55. The third-order valence-electron chi connectivity index (χ3n) is 3.14. The maximum atomic E-state index is 11.8. The predicted molar refractivity (Wildman–Crippen MR) is 90.6 cm³/mol. The molecule has 2 rings (SSSR count). The van der Waals surface area contributed by atoms with Gasteiger partial charge in [-0.05, 0) is 24.6 Å². The van der Waals surface area contributed by atoms with E-state index in [-0.39, 0.29) is 12.0 Å². The van der Waals surface area contributed by atoms with Crippen LogP contribution < -0.4 is 5.32 Å². The average molecular weight is 295 g/mol. The number of carbonyl (C=O) groups is 1. The molecular weight excluding hydrogens is 274 g/mol. The summed E-state index contributed by atoms with van der Waals surface area (Å²) in [6.07, 6.45) is 4.31. The van der Waals surface area contributed by atoms with Crippen molar-refractivity contribution < 1.29 is 9.53 Å². The second-order valence-electron chi connectivity index (χ2n) is 4.90.